The zero-order chi connectivity index (χ0) is 13.4. The normalized spacial score (nSPS) is 14.3. The second kappa shape index (κ2) is 7.32. The van der Waals surface area contributed by atoms with Gasteiger partial charge in [-0.3, -0.25) is 4.79 Å². The minimum atomic E-state index is -0.986. The summed E-state index contributed by atoms with van der Waals surface area (Å²) in [6, 6.07) is 5.36. The summed E-state index contributed by atoms with van der Waals surface area (Å²) < 4.78 is 0. The number of hydrogen-bond acceptors (Lipinski definition) is 3. The molecule has 2 N–H and O–H groups in total. The van der Waals surface area contributed by atoms with E-state index in [-0.39, 0.29) is 11.3 Å². The van der Waals surface area contributed by atoms with Crippen LogP contribution in [0.5, 0.6) is 5.75 Å². The molecule has 2 rings (SSSR count). The fraction of sp³-hybridized carbons (Fsp3) is 0.385. The van der Waals surface area contributed by atoms with Crippen LogP contribution in [0.25, 0.3) is 0 Å². The average molecular weight is 251 g/mol. The number of benzene rings is 1. The second-order valence-electron chi connectivity index (χ2n) is 4.05. The number of amides is 1. The van der Waals surface area contributed by atoms with Crippen molar-refractivity contribution in [2.75, 3.05) is 13.1 Å². The van der Waals surface area contributed by atoms with Gasteiger partial charge in [-0.05, 0) is 43.5 Å². The number of carbonyl (C=O) groups is 2. The molecule has 0 atom stereocenters. The number of hydrogen-bond donors (Lipinski definition) is 2. The summed E-state index contributed by atoms with van der Waals surface area (Å²) in [6.45, 7) is 1.95. The van der Waals surface area contributed by atoms with Gasteiger partial charge in [0.25, 0.3) is 0 Å². The van der Waals surface area contributed by atoms with Gasteiger partial charge in [0.1, 0.15) is 5.75 Å². The maximum atomic E-state index is 10.2. The topological polar surface area (TPSA) is 77.8 Å². The van der Waals surface area contributed by atoms with Gasteiger partial charge in [0.2, 0.25) is 6.41 Å². The summed E-state index contributed by atoms with van der Waals surface area (Å²) in [4.78, 5) is 22.2. The molecule has 0 bridgehead atoms. The molecule has 5 heteroatoms. The van der Waals surface area contributed by atoms with Crippen LogP contribution in [0.1, 0.15) is 29.6 Å². The van der Waals surface area contributed by atoms with Gasteiger partial charge in [-0.1, -0.05) is 0 Å². The molecule has 1 fully saturated rings. The van der Waals surface area contributed by atoms with Gasteiger partial charge in [-0.2, -0.15) is 0 Å². The van der Waals surface area contributed by atoms with Crippen molar-refractivity contribution in [3.63, 3.8) is 0 Å². The molecule has 1 aromatic rings. The molecular formula is C13H17NO4. The van der Waals surface area contributed by atoms with E-state index >= 15 is 0 Å². The molecule has 0 radical (unpaired) electrons. The maximum Gasteiger partial charge on any atom is 0.335 e. The number of aromatic hydroxyl groups is 1. The lowest BCUT2D eigenvalue weighted by molar-refractivity contribution is -0.118. The van der Waals surface area contributed by atoms with E-state index in [0.717, 1.165) is 19.5 Å². The van der Waals surface area contributed by atoms with Gasteiger partial charge in [-0.15, -0.1) is 0 Å². The first kappa shape index (κ1) is 14.0. The highest BCUT2D eigenvalue weighted by Gasteiger charge is 2.05. The Labute approximate surface area is 106 Å². The summed E-state index contributed by atoms with van der Waals surface area (Å²) >= 11 is 0. The molecule has 1 saturated heterocycles. The Hall–Kier alpha value is -2.04. The van der Waals surface area contributed by atoms with Crippen molar-refractivity contribution in [1.82, 2.24) is 4.90 Å². The Morgan fingerprint density at radius 1 is 1.11 bits per heavy atom. The van der Waals surface area contributed by atoms with E-state index in [0.29, 0.717) is 0 Å². The number of rotatable bonds is 2. The lowest BCUT2D eigenvalue weighted by atomic mass is 10.1. The molecule has 1 amide bonds. The van der Waals surface area contributed by atoms with Crippen molar-refractivity contribution in [1.29, 1.82) is 0 Å². The number of carboxylic acid groups (broad SMARTS) is 1. The van der Waals surface area contributed by atoms with E-state index in [9.17, 15) is 9.59 Å². The second-order valence-corrected chi connectivity index (χ2v) is 4.05. The predicted octanol–water partition coefficient (Wildman–Crippen LogP) is 1.72. The lowest BCUT2D eigenvalue weighted by Crippen LogP contribution is -2.27. The number of carbonyl (C=O) groups excluding carboxylic acids is 1. The summed E-state index contributed by atoms with van der Waals surface area (Å²) in [6.07, 6.45) is 4.63. The van der Waals surface area contributed by atoms with Gasteiger partial charge in [-0.25, -0.2) is 4.79 Å². The van der Waals surface area contributed by atoms with E-state index in [1.54, 1.807) is 0 Å². The molecule has 98 valence electrons. The standard InChI is InChI=1S/C7H6O3.C6H11NO/c8-6-3-1-5(2-4-6)7(9)10;8-6-7-4-2-1-3-5-7/h1-4,8H,(H,9,10);6H,1-5H2. The van der Waals surface area contributed by atoms with Crippen LogP contribution in [-0.4, -0.2) is 40.6 Å². The largest absolute Gasteiger partial charge is 0.508 e. The van der Waals surface area contributed by atoms with Crippen LogP contribution in [0.4, 0.5) is 0 Å². The first-order valence-corrected chi connectivity index (χ1v) is 5.85. The molecule has 1 heterocycles. The van der Waals surface area contributed by atoms with E-state index in [4.69, 9.17) is 10.2 Å². The Bertz CT molecular complexity index is 382. The quantitative estimate of drug-likeness (QED) is 0.784. The first-order chi connectivity index (χ1) is 8.63. The number of likely N-dealkylation sites (tertiary alicyclic amines) is 1. The monoisotopic (exact) mass is 251 g/mol. The summed E-state index contributed by atoms with van der Waals surface area (Å²) in [5, 5.41) is 17.1. The fourth-order valence-electron chi connectivity index (χ4n) is 1.63. The van der Waals surface area contributed by atoms with Crippen LogP contribution in [0, 0.1) is 0 Å². The number of aromatic carboxylic acids is 1. The van der Waals surface area contributed by atoms with Crippen molar-refractivity contribution in [2.24, 2.45) is 0 Å². The van der Waals surface area contributed by atoms with E-state index in [1.165, 1.54) is 43.5 Å². The van der Waals surface area contributed by atoms with Crippen LogP contribution in [0.2, 0.25) is 0 Å². The van der Waals surface area contributed by atoms with E-state index < -0.39 is 5.97 Å². The molecule has 1 aliphatic rings. The lowest BCUT2D eigenvalue weighted by Gasteiger charge is -2.21. The molecule has 1 aromatic carbocycles. The van der Waals surface area contributed by atoms with Crippen molar-refractivity contribution >= 4 is 12.4 Å². The Morgan fingerprint density at radius 2 is 1.67 bits per heavy atom. The van der Waals surface area contributed by atoms with Crippen LogP contribution in [0.15, 0.2) is 24.3 Å². The van der Waals surface area contributed by atoms with Gasteiger partial charge in [0.05, 0.1) is 5.56 Å². The molecular weight excluding hydrogens is 234 g/mol. The molecule has 0 aliphatic carbocycles. The number of phenolic OH excluding ortho intramolecular Hbond substituents is 1. The van der Waals surface area contributed by atoms with Crippen LogP contribution in [-0.2, 0) is 4.79 Å². The summed E-state index contributed by atoms with van der Waals surface area (Å²) in [5.41, 5.74) is 0.179. The number of piperidine rings is 1. The molecule has 0 aromatic heterocycles. The SMILES string of the molecule is O=C(O)c1ccc(O)cc1.O=CN1CCCCC1. The minimum absolute atomic E-state index is 0.0741. The summed E-state index contributed by atoms with van der Waals surface area (Å²) in [7, 11) is 0. The highest BCUT2D eigenvalue weighted by Crippen LogP contribution is 2.08. The Morgan fingerprint density at radius 3 is 2.06 bits per heavy atom. The van der Waals surface area contributed by atoms with Crippen molar-refractivity contribution in [2.45, 2.75) is 19.3 Å². The molecule has 1 aliphatic heterocycles. The van der Waals surface area contributed by atoms with Crippen molar-refractivity contribution in [3.05, 3.63) is 29.8 Å². The van der Waals surface area contributed by atoms with E-state index in [1.807, 2.05) is 4.90 Å². The molecule has 18 heavy (non-hydrogen) atoms. The molecule has 0 unspecified atom stereocenters. The van der Waals surface area contributed by atoms with Gasteiger partial charge >= 0.3 is 5.97 Å². The third kappa shape index (κ3) is 4.86. The average Bonchev–Trinajstić information content (AvgIpc) is 2.41. The Kier molecular flexibility index (Phi) is 5.70. The number of nitrogens with zero attached hydrogens (tertiary/aromatic N) is 1. The number of carboxylic acids is 1. The highest BCUT2D eigenvalue weighted by molar-refractivity contribution is 5.87. The van der Waals surface area contributed by atoms with Gasteiger partial charge in [0, 0.05) is 13.1 Å². The molecule has 0 saturated carbocycles. The zero-order valence-electron chi connectivity index (χ0n) is 10.1. The zero-order valence-corrected chi connectivity index (χ0v) is 10.1. The fourth-order valence-corrected chi connectivity index (χ4v) is 1.63. The Balaban J connectivity index is 0.000000184. The third-order valence-electron chi connectivity index (χ3n) is 2.65. The van der Waals surface area contributed by atoms with Gasteiger partial charge < -0.3 is 15.1 Å². The third-order valence-corrected chi connectivity index (χ3v) is 2.65. The van der Waals surface area contributed by atoms with Crippen LogP contribution < -0.4 is 0 Å². The molecule has 5 nitrogen and oxygen atoms in total. The predicted molar refractivity (Wildman–Crippen MR) is 66.6 cm³/mol. The van der Waals surface area contributed by atoms with Crippen LogP contribution >= 0.6 is 0 Å². The highest BCUT2D eigenvalue weighted by atomic mass is 16.4. The first-order valence-electron chi connectivity index (χ1n) is 5.85. The van der Waals surface area contributed by atoms with Crippen LogP contribution in [0.3, 0.4) is 0 Å². The van der Waals surface area contributed by atoms with E-state index in [2.05, 4.69) is 0 Å². The van der Waals surface area contributed by atoms with Crippen molar-refractivity contribution in [3.8, 4) is 5.75 Å². The molecule has 0 spiro atoms. The summed E-state index contributed by atoms with van der Waals surface area (Å²) in [5.74, 6) is -0.912. The minimum Gasteiger partial charge on any atom is -0.508 e. The van der Waals surface area contributed by atoms with Gasteiger partial charge in [0.15, 0.2) is 0 Å². The maximum absolute atomic E-state index is 10.2. The smallest absolute Gasteiger partial charge is 0.335 e. The number of phenols is 1. The van der Waals surface area contributed by atoms with Crippen molar-refractivity contribution < 1.29 is 19.8 Å².